The van der Waals surface area contributed by atoms with E-state index in [1.807, 2.05) is 0 Å². The van der Waals surface area contributed by atoms with Crippen LogP contribution in [-0.4, -0.2) is 51.2 Å². The fraction of sp³-hybridized carbons (Fsp3) is 0.0870. The van der Waals surface area contributed by atoms with Crippen molar-refractivity contribution in [2.24, 2.45) is 20.1 Å². The van der Waals surface area contributed by atoms with Gasteiger partial charge in [-0.1, -0.05) is 12.1 Å². The average Bonchev–Trinajstić information content (AvgIpc) is 2.83. The molecule has 11 heteroatoms. The van der Waals surface area contributed by atoms with E-state index in [9.17, 15) is 18.6 Å². The van der Waals surface area contributed by atoms with Crippen molar-refractivity contribution >= 4 is 34.1 Å². The number of hydrogen-bond acceptors (Lipinski definition) is 7. The number of benzene rings is 3. The zero-order valence-corrected chi connectivity index (χ0v) is 19.1. The number of phenolic OH excluding ortho intramolecular Hbond substituents is 2. The van der Waals surface area contributed by atoms with Gasteiger partial charge in [-0.25, -0.2) is 4.99 Å². The van der Waals surface area contributed by atoms with Crippen molar-refractivity contribution in [1.82, 2.24) is 0 Å². The first-order valence-corrected chi connectivity index (χ1v) is 11.2. The summed E-state index contributed by atoms with van der Waals surface area (Å²) in [6.07, 6.45) is 2.61. The maximum atomic E-state index is 12.5. The first-order valence-electron chi connectivity index (χ1n) is 9.75. The molecule has 0 amide bonds. The zero-order chi connectivity index (χ0) is 24.7. The summed E-state index contributed by atoms with van der Waals surface area (Å²) in [6.45, 7) is 0. The summed E-state index contributed by atoms with van der Waals surface area (Å²) >= 11 is 0. The molecule has 0 aliphatic rings. The van der Waals surface area contributed by atoms with Crippen LogP contribution in [0.2, 0.25) is 0 Å². The van der Waals surface area contributed by atoms with Crippen LogP contribution in [0.25, 0.3) is 0 Å². The minimum atomic E-state index is -4.13. The smallest absolute Gasteiger partial charge is 0.285 e. The lowest BCUT2D eigenvalue weighted by Gasteiger charge is -2.05. The first kappa shape index (κ1) is 24.3. The normalized spacial score (nSPS) is 12.4. The Balaban J connectivity index is 1.76. The molecule has 0 bridgehead atoms. The van der Waals surface area contributed by atoms with Crippen LogP contribution in [0.4, 0.5) is 5.69 Å². The van der Waals surface area contributed by atoms with Crippen LogP contribution in [-0.2, 0) is 10.0 Å². The van der Waals surface area contributed by atoms with Crippen LogP contribution in [0.15, 0.2) is 79.9 Å². The maximum Gasteiger partial charge on any atom is 0.285 e. The van der Waals surface area contributed by atoms with Crippen molar-refractivity contribution in [2.75, 3.05) is 14.2 Å². The number of phenols is 2. The first-order chi connectivity index (χ1) is 16.2. The molecule has 0 saturated carbocycles. The molecule has 4 N–H and O–H groups in total. The summed E-state index contributed by atoms with van der Waals surface area (Å²) in [5.74, 6) is -0.192. The van der Waals surface area contributed by atoms with Gasteiger partial charge < -0.3 is 25.4 Å². The van der Waals surface area contributed by atoms with Crippen molar-refractivity contribution in [3.63, 3.8) is 0 Å². The van der Waals surface area contributed by atoms with Gasteiger partial charge in [0.2, 0.25) is 5.96 Å². The quantitative estimate of drug-likeness (QED) is 0.345. The Morgan fingerprint density at radius 3 is 1.91 bits per heavy atom. The third kappa shape index (κ3) is 5.70. The molecule has 0 aromatic heterocycles. The topological polar surface area (TPSA) is 156 Å². The number of nitrogens with zero attached hydrogens (tertiary/aromatic N) is 3. The molecule has 0 unspecified atom stereocenters. The molecule has 0 atom stereocenters. The molecule has 34 heavy (non-hydrogen) atoms. The van der Waals surface area contributed by atoms with Gasteiger partial charge in [-0.15, -0.1) is 4.40 Å². The maximum absolute atomic E-state index is 12.5. The van der Waals surface area contributed by atoms with Crippen LogP contribution < -0.4 is 15.2 Å². The van der Waals surface area contributed by atoms with E-state index in [2.05, 4.69) is 14.4 Å². The third-order valence-electron chi connectivity index (χ3n) is 4.54. The summed E-state index contributed by atoms with van der Waals surface area (Å²) in [6, 6.07) is 15.3. The van der Waals surface area contributed by atoms with Gasteiger partial charge in [-0.05, 0) is 48.5 Å². The van der Waals surface area contributed by atoms with Gasteiger partial charge in [0.05, 0.1) is 24.8 Å². The predicted molar refractivity (Wildman–Crippen MR) is 129 cm³/mol. The molecule has 0 saturated heterocycles. The Bertz CT molecular complexity index is 1370. The monoisotopic (exact) mass is 482 g/mol. The van der Waals surface area contributed by atoms with Gasteiger partial charge in [-0.2, -0.15) is 8.42 Å². The Kier molecular flexibility index (Phi) is 7.49. The number of rotatable bonds is 7. The number of aliphatic imine (C=N–C) groups is 2. The number of hydrogen-bond donors (Lipinski definition) is 3. The Labute approximate surface area is 196 Å². The fourth-order valence-corrected chi connectivity index (χ4v) is 3.68. The number of ether oxygens (including phenoxy) is 2. The molecular weight excluding hydrogens is 460 g/mol. The second-order valence-electron chi connectivity index (χ2n) is 6.73. The highest BCUT2D eigenvalue weighted by atomic mass is 32.2. The lowest BCUT2D eigenvalue weighted by Crippen LogP contribution is -2.12. The highest BCUT2D eigenvalue weighted by Gasteiger charge is 2.14. The summed E-state index contributed by atoms with van der Waals surface area (Å²) in [5, 5.41) is 20.2. The number of sulfonamides is 1. The Morgan fingerprint density at radius 1 is 0.853 bits per heavy atom. The van der Waals surface area contributed by atoms with Crippen LogP contribution in [0.5, 0.6) is 23.0 Å². The van der Waals surface area contributed by atoms with Gasteiger partial charge in [0.15, 0.2) is 23.0 Å². The summed E-state index contributed by atoms with van der Waals surface area (Å²) in [5.41, 5.74) is 6.81. The van der Waals surface area contributed by atoms with E-state index < -0.39 is 16.0 Å². The highest BCUT2D eigenvalue weighted by molar-refractivity contribution is 7.90. The van der Waals surface area contributed by atoms with Crippen molar-refractivity contribution < 1.29 is 28.1 Å². The molecule has 0 fully saturated rings. The Hall–Kier alpha value is -4.38. The number of para-hydroxylation sites is 2. The van der Waals surface area contributed by atoms with Crippen molar-refractivity contribution in [1.29, 1.82) is 0 Å². The van der Waals surface area contributed by atoms with E-state index in [4.69, 9.17) is 15.2 Å². The molecule has 3 aromatic carbocycles. The average molecular weight is 483 g/mol. The van der Waals surface area contributed by atoms with Gasteiger partial charge in [-0.3, -0.25) is 4.99 Å². The summed E-state index contributed by atoms with van der Waals surface area (Å²) in [7, 11) is -1.29. The van der Waals surface area contributed by atoms with Crippen LogP contribution in [0, 0.1) is 0 Å². The van der Waals surface area contributed by atoms with E-state index in [0.717, 1.165) is 0 Å². The van der Waals surface area contributed by atoms with Crippen molar-refractivity contribution in [3.05, 3.63) is 71.8 Å². The molecule has 176 valence electrons. The van der Waals surface area contributed by atoms with Crippen LogP contribution >= 0.6 is 0 Å². The van der Waals surface area contributed by atoms with E-state index in [0.29, 0.717) is 17.0 Å². The van der Waals surface area contributed by atoms with Crippen molar-refractivity contribution in [2.45, 2.75) is 4.90 Å². The minimum absolute atomic E-state index is 0.0550. The third-order valence-corrected chi connectivity index (χ3v) is 5.83. The predicted octanol–water partition coefficient (Wildman–Crippen LogP) is 2.99. The van der Waals surface area contributed by atoms with Gasteiger partial charge >= 0.3 is 0 Å². The number of nitrogens with two attached hydrogens (primary N) is 1. The lowest BCUT2D eigenvalue weighted by molar-refractivity contribution is 0.373. The zero-order valence-electron chi connectivity index (χ0n) is 18.3. The molecule has 0 aliphatic heterocycles. The molecule has 3 aromatic rings. The van der Waals surface area contributed by atoms with Gasteiger partial charge in [0.25, 0.3) is 10.0 Å². The molecule has 0 aliphatic carbocycles. The van der Waals surface area contributed by atoms with Gasteiger partial charge in [0.1, 0.15) is 0 Å². The van der Waals surface area contributed by atoms with Crippen LogP contribution in [0.1, 0.15) is 11.1 Å². The molecule has 0 heterocycles. The minimum Gasteiger partial charge on any atom is -0.504 e. The number of guanidine groups is 1. The van der Waals surface area contributed by atoms with E-state index in [1.54, 1.807) is 36.4 Å². The number of aromatic hydroxyl groups is 2. The number of methoxy groups -OCH3 is 2. The molecule has 0 radical (unpaired) electrons. The van der Waals surface area contributed by atoms with Crippen LogP contribution in [0.3, 0.4) is 0 Å². The largest absolute Gasteiger partial charge is 0.504 e. The Morgan fingerprint density at radius 2 is 1.38 bits per heavy atom. The van der Waals surface area contributed by atoms with E-state index in [-0.39, 0.29) is 27.7 Å². The van der Waals surface area contributed by atoms with Gasteiger partial charge in [0, 0.05) is 23.6 Å². The second kappa shape index (κ2) is 10.5. The summed E-state index contributed by atoms with van der Waals surface area (Å²) < 4.78 is 38.6. The molecule has 3 rings (SSSR count). The second-order valence-corrected chi connectivity index (χ2v) is 8.34. The highest BCUT2D eigenvalue weighted by Crippen LogP contribution is 2.29. The lowest BCUT2D eigenvalue weighted by atomic mass is 10.2. The molecule has 0 spiro atoms. The SMILES string of the molecule is COc1cccc(C=Nc2ccc(S(=O)(=O)/N=C(N)/N=C/c3cccc(OC)c3O)cc2)c1O. The van der Waals surface area contributed by atoms with E-state index in [1.165, 1.54) is 50.9 Å². The van der Waals surface area contributed by atoms with E-state index >= 15 is 0 Å². The molecule has 10 nitrogen and oxygen atoms in total. The standard InChI is InChI=1S/C23H22N4O6S/c1-32-19-7-3-5-15(21(19)28)13-25-17-9-11-18(12-10-17)34(30,31)27-23(24)26-14-16-6-4-8-20(33-2)22(16)29/h3-14,28-29H,1-2H3,(H2,24,27)/b25-13?,26-14+. The fourth-order valence-electron chi connectivity index (χ4n) is 2.80. The van der Waals surface area contributed by atoms with Crippen molar-refractivity contribution in [3.8, 4) is 23.0 Å². The molecular formula is C23H22N4O6S. The summed E-state index contributed by atoms with van der Waals surface area (Å²) in [4.78, 5) is 7.91.